The van der Waals surface area contributed by atoms with Crippen LogP contribution in [0.5, 0.6) is 0 Å². The third-order valence-corrected chi connectivity index (χ3v) is 2.87. The van der Waals surface area contributed by atoms with Crippen molar-refractivity contribution >= 4 is 41.0 Å². The van der Waals surface area contributed by atoms with E-state index in [1.165, 1.54) is 0 Å². The lowest BCUT2D eigenvalue weighted by Gasteiger charge is -1.98. The van der Waals surface area contributed by atoms with Gasteiger partial charge in [0.15, 0.2) is 0 Å². The van der Waals surface area contributed by atoms with Gasteiger partial charge in [0, 0.05) is 0 Å². The van der Waals surface area contributed by atoms with Gasteiger partial charge in [-0.1, -0.05) is 34.4 Å². The van der Waals surface area contributed by atoms with E-state index in [9.17, 15) is 4.79 Å². The highest BCUT2D eigenvalue weighted by atomic mass is 35.5. The smallest absolute Gasteiger partial charge is 0.312 e. The lowest BCUT2D eigenvalue weighted by Crippen LogP contribution is -2.01. The van der Waals surface area contributed by atoms with E-state index in [2.05, 4.69) is 9.99 Å². The zero-order valence-corrected chi connectivity index (χ0v) is 9.84. The van der Waals surface area contributed by atoms with E-state index in [4.69, 9.17) is 23.2 Å². The fourth-order valence-electron chi connectivity index (χ4n) is 1.29. The minimum atomic E-state index is -0.455. The van der Waals surface area contributed by atoms with Crippen molar-refractivity contribution in [3.05, 3.63) is 39.4 Å². The lowest BCUT2D eigenvalue weighted by atomic mass is 10.1. The molecule has 0 spiro atoms. The molecule has 2 rings (SSSR count). The Hall–Kier alpha value is -1.32. The van der Waals surface area contributed by atoms with Gasteiger partial charge < -0.3 is 4.84 Å². The van der Waals surface area contributed by atoms with Crippen molar-refractivity contribution in [1.82, 2.24) is 0 Å². The average molecular weight is 256 g/mol. The summed E-state index contributed by atoms with van der Waals surface area (Å²) in [4.78, 5) is 15.8. The monoisotopic (exact) mass is 255 g/mol. The summed E-state index contributed by atoms with van der Waals surface area (Å²) in [6.07, 6.45) is 1.66. The maximum Gasteiger partial charge on any atom is 0.367 e. The molecular formula is C11H7Cl2NO2. The molecule has 1 aromatic rings. The molecule has 0 saturated carbocycles. The van der Waals surface area contributed by atoms with Gasteiger partial charge in [-0.3, -0.25) is 0 Å². The van der Waals surface area contributed by atoms with E-state index in [-0.39, 0.29) is 0 Å². The molecule has 0 unspecified atom stereocenters. The molecule has 0 bridgehead atoms. The first-order valence-electron chi connectivity index (χ1n) is 4.51. The largest absolute Gasteiger partial charge is 0.367 e. The molecule has 5 heteroatoms. The second kappa shape index (κ2) is 4.28. The Morgan fingerprint density at radius 1 is 1.31 bits per heavy atom. The molecule has 0 aliphatic carbocycles. The molecular weight excluding hydrogens is 249 g/mol. The summed E-state index contributed by atoms with van der Waals surface area (Å²) >= 11 is 11.7. The minimum Gasteiger partial charge on any atom is -0.312 e. The van der Waals surface area contributed by atoms with Crippen LogP contribution in [0.2, 0.25) is 10.0 Å². The maximum atomic E-state index is 11.3. The Kier molecular flexibility index (Phi) is 2.99. The Balaban J connectivity index is 2.39. The predicted octanol–water partition coefficient (Wildman–Crippen LogP) is 3.31. The van der Waals surface area contributed by atoms with Crippen LogP contribution < -0.4 is 0 Å². The molecule has 1 aliphatic rings. The highest BCUT2D eigenvalue weighted by Crippen LogP contribution is 2.24. The van der Waals surface area contributed by atoms with Gasteiger partial charge in [0.05, 0.1) is 21.3 Å². The molecule has 0 amide bonds. The normalized spacial score (nSPS) is 17.6. The van der Waals surface area contributed by atoms with Gasteiger partial charge in [-0.25, -0.2) is 4.79 Å². The first kappa shape index (κ1) is 11.2. The molecule has 0 atom stereocenters. The van der Waals surface area contributed by atoms with Gasteiger partial charge in [-0.15, -0.1) is 0 Å². The number of hydrogen-bond acceptors (Lipinski definition) is 3. The third-order valence-electron chi connectivity index (χ3n) is 2.13. The maximum absolute atomic E-state index is 11.3. The van der Waals surface area contributed by atoms with Crippen molar-refractivity contribution in [2.45, 2.75) is 6.92 Å². The van der Waals surface area contributed by atoms with Gasteiger partial charge in [-0.2, -0.15) is 0 Å². The van der Waals surface area contributed by atoms with Crippen molar-refractivity contribution in [2.24, 2.45) is 5.16 Å². The SMILES string of the molecule is CC1=NOC(=O)C1=Cc1ccc(Cl)c(Cl)c1. The van der Waals surface area contributed by atoms with E-state index in [1.807, 2.05) is 0 Å². The summed E-state index contributed by atoms with van der Waals surface area (Å²) in [6.45, 7) is 1.70. The van der Waals surface area contributed by atoms with Crippen LogP contribution >= 0.6 is 23.2 Å². The number of rotatable bonds is 1. The number of benzene rings is 1. The van der Waals surface area contributed by atoms with Gasteiger partial charge in [0.2, 0.25) is 0 Å². The Labute approximate surface area is 102 Å². The summed E-state index contributed by atoms with van der Waals surface area (Å²) in [5, 5.41) is 4.49. The van der Waals surface area contributed by atoms with E-state index < -0.39 is 5.97 Å². The van der Waals surface area contributed by atoms with Crippen LogP contribution in [0.3, 0.4) is 0 Å². The quantitative estimate of drug-likeness (QED) is 0.571. The van der Waals surface area contributed by atoms with E-state index >= 15 is 0 Å². The molecule has 82 valence electrons. The number of halogens is 2. The first-order valence-corrected chi connectivity index (χ1v) is 5.26. The minimum absolute atomic E-state index is 0.429. The lowest BCUT2D eigenvalue weighted by molar-refractivity contribution is -0.136. The molecule has 16 heavy (non-hydrogen) atoms. The summed E-state index contributed by atoms with van der Waals surface area (Å²) in [5.74, 6) is -0.455. The van der Waals surface area contributed by atoms with Gasteiger partial charge in [0.25, 0.3) is 0 Å². The van der Waals surface area contributed by atoms with Crippen LogP contribution in [0.15, 0.2) is 28.9 Å². The summed E-state index contributed by atoms with van der Waals surface area (Å²) in [7, 11) is 0. The number of hydrogen-bond donors (Lipinski definition) is 0. The molecule has 0 fully saturated rings. The second-order valence-electron chi connectivity index (χ2n) is 3.29. The Bertz CT molecular complexity index is 521. The Morgan fingerprint density at radius 2 is 2.06 bits per heavy atom. The first-order chi connectivity index (χ1) is 7.58. The van der Waals surface area contributed by atoms with Gasteiger partial charge in [0.1, 0.15) is 0 Å². The number of carbonyl (C=O) groups is 1. The highest BCUT2D eigenvalue weighted by Gasteiger charge is 2.21. The summed E-state index contributed by atoms with van der Waals surface area (Å²) in [5.41, 5.74) is 1.76. The van der Waals surface area contributed by atoms with Crippen molar-refractivity contribution in [1.29, 1.82) is 0 Å². The average Bonchev–Trinajstić information content (AvgIpc) is 2.55. The topological polar surface area (TPSA) is 38.7 Å². The molecule has 0 saturated heterocycles. The molecule has 0 N–H and O–H groups in total. The fourth-order valence-corrected chi connectivity index (χ4v) is 1.59. The molecule has 3 nitrogen and oxygen atoms in total. The summed E-state index contributed by atoms with van der Waals surface area (Å²) < 4.78 is 0. The third kappa shape index (κ3) is 2.10. The van der Waals surface area contributed by atoms with Crippen molar-refractivity contribution in [3.8, 4) is 0 Å². The van der Waals surface area contributed by atoms with Crippen molar-refractivity contribution < 1.29 is 9.63 Å². The molecule has 0 radical (unpaired) electrons. The zero-order valence-electron chi connectivity index (χ0n) is 8.33. The van der Waals surface area contributed by atoms with Crippen molar-refractivity contribution in [3.63, 3.8) is 0 Å². The van der Waals surface area contributed by atoms with Crippen molar-refractivity contribution in [2.75, 3.05) is 0 Å². The predicted molar refractivity (Wildman–Crippen MR) is 63.6 cm³/mol. The Morgan fingerprint density at radius 3 is 2.62 bits per heavy atom. The molecule has 1 aromatic carbocycles. The number of carbonyl (C=O) groups excluding carboxylic acids is 1. The van der Waals surface area contributed by atoms with Crippen LogP contribution in [0, 0.1) is 0 Å². The fraction of sp³-hybridized carbons (Fsp3) is 0.0909. The van der Waals surface area contributed by atoms with Gasteiger partial charge in [-0.05, 0) is 30.7 Å². The van der Waals surface area contributed by atoms with E-state index in [0.717, 1.165) is 5.56 Å². The van der Waals surface area contributed by atoms with Crippen LogP contribution in [0.25, 0.3) is 6.08 Å². The van der Waals surface area contributed by atoms with E-state index in [1.54, 1.807) is 31.2 Å². The highest BCUT2D eigenvalue weighted by molar-refractivity contribution is 6.42. The summed E-state index contributed by atoms with van der Waals surface area (Å²) in [6, 6.07) is 5.11. The second-order valence-corrected chi connectivity index (χ2v) is 4.10. The number of oxime groups is 1. The molecule has 1 aliphatic heterocycles. The van der Waals surface area contributed by atoms with Crippen LogP contribution in [-0.4, -0.2) is 11.7 Å². The molecule has 1 heterocycles. The van der Waals surface area contributed by atoms with Gasteiger partial charge >= 0.3 is 5.97 Å². The van der Waals surface area contributed by atoms with Crippen LogP contribution in [-0.2, 0) is 9.63 Å². The zero-order chi connectivity index (χ0) is 11.7. The van der Waals surface area contributed by atoms with E-state index in [0.29, 0.717) is 21.3 Å². The number of nitrogens with zero attached hydrogens (tertiary/aromatic N) is 1. The van der Waals surface area contributed by atoms with Crippen LogP contribution in [0.1, 0.15) is 12.5 Å². The van der Waals surface area contributed by atoms with Crippen LogP contribution in [0.4, 0.5) is 0 Å². The molecule has 0 aromatic heterocycles. The standard InChI is InChI=1S/C11H7Cl2NO2/c1-6-8(11(15)16-14-6)4-7-2-3-9(12)10(13)5-7/h2-5H,1H3.